The van der Waals surface area contributed by atoms with E-state index < -0.39 is 0 Å². The first-order valence-corrected chi connectivity index (χ1v) is 13.5. The fourth-order valence-electron chi connectivity index (χ4n) is 4.65. The molecular formula is C27H36N4O3S. The highest BCUT2D eigenvalue weighted by atomic mass is 32.1. The van der Waals surface area contributed by atoms with E-state index >= 15 is 0 Å². The molecule has 7 nitrogen and oxygen atoms in total. The zero-order chi connectivity index (χ0) is 24.9. The minimum Gasteiger partial charge on any atom is -0.375 e. The molecule has 4 rings (SSSR count). The highest BCUT2D eigenvalue weighted by Crippen LogP contribution is 2.26. The fourth-order valence-corrected chi connectivity index (χ4v) is 5.36. The second-order valence-corrected chi connectivity index (χ2v) is 10.6. The van der Waals surface area contributed by atoms with Crippen LogP contribution in [0.1, 0.15) is 74.1 Å². The normalized spacial score (nSPS) is 15.6. The molecule has 0 saturated carbocycles. The number of amides is 2. The van der Waals surface area contributed by atoms with Crippen LogP contribution in [0.4, 0.5) is 0 Å². The molecule has 1 aliphatic heterocycles. The lowest BCUT2D eigenvalue weighted by Gasteiger charge is -2.32. The first-order valence-electron chi connectivity index (χ1n) is 12.6. The summed E-state index contributed by atoms with van der Waals surface area (Å²) < 4.78 is 8.14. The molecule has 1 atom stereocenters. The van der Waals surface area contributed by atoms with E-state index in [1.807, 2.05) is 36.9 Å². The molecule has 1 fully saturated rings. The molecule has 2 aromatic heterocycles. The van der Waals surface area contributed by atoms with Gasteiger partial charge in [-0.3, -0.25) is 9.59 Å². The van der Waals surface area contributed by atoms with Crippen molar-refractivity contribution >= 4 is 34.2 Å². The second kappa shape index (κ2) is 11.4. The molecule has 1 unspecified atom stereocenters. The van der Waals surface area contributed by atoms with Crippen LogP contribution < -0.4 is 5.32 Å². The van der Waals surface area contributed by atoms with E-state index in [0.717, 1.165) is 42.5 Å². The van der Waals surface area contributed by atoms with Gasteiger partial charge in [0.2, 0.25) is 5.91 Å². The lowest BCUT2D eigenvalue weighted by atomic mass is 10.1. The monoisotopic (exact) mass is 496 g/mol. The van der Waals surface area contributed by atoms with Crippen LogP contribution in [-0.4, -0.2) is 58.1 Å². The van der Waals surface area contributed by atoms with Crippen LogP contribution in [0.2, 0.25) is 0 Å². The summed E-state index contributed by atoms with van der Waals surface area (Å²) in [6.45, 7) is 9.76. The predicted molar refractivity (Wildman–Crippen MR) is 140 cm³/mol. The fraction of sp³-hybridized carbons (Fsp3) is 0.519. The molecule has 1 N–H and O–H groups in total. The number of hydrogen-bond acceptors (Lipinski definition) is 5. The van der Waals surface area contributed by atoms with Gasteiger partial charge in [0.1, 0.15) is 5.82 Å². The molecule has 188 valence electrons. The average Bonchev–Trinajstić information content (AvgIpc) is 3.49. The van der Waals surface area contributed by atoms with Gasteiger partial charge in [-0.05, 0) is 69.7 Å². The number of piperidine rings is 1. The van der Waals surface area contributed by atoms with Crippen molar-refractivity contribution in [2.24, 2.45) is 0 Å². The number of carbonyl (C=O) groups is 2. The van der Waals surface area contributed by atoms with Gasteiger partial charge in [-0.15, -0.1) is 11.3 Å². The third-order valence-electron chi connectivity index (χ3n) is 6.63. The maximum atomic E-state index is 12.9. The lowest BCUT2D eigenvalue weighted by molar-refractivity contribution is -0.133. The number of fused-ring (bicyclic) bond motifs is 1. The Labute approximate surface area is 211 Å². The molecule has 1 saturated heterocycles. The third-order valence-corrected chi connectivity index (χ3v) is 7.50. The molecule has 0 radical (unpaired) electrons. The Morgan fingerprint density at radius 1 is 1.20 bits per heavy atom. The van der Waals surface area contributed by atoms with Crippen LogP contribution >= 0.6 is 11.3 Å². The molecule has 0 aliphatic carbocycles. The standard InChI is InChI=1S/C27H36N4O3S/c1-5-19(4)31-24-9-8-20(15-23(24)29-25(31)16-22-7-6-14-35-22)27(33)28-17-26(32)30-12-10-21(11-13-30)34-18(2)3/h6-9,14-15,18-19,21H,5,10-13,16-17H2,1-4H3,(H,28,33). The number of nitrogens with one attached hydrogen (secondary N) is 1. The summed E-state index contributed by atoms with van der Waals surface area (Å²) in [6.07, 6.45) is 3.84. The Morgan fingerprint density at radius 3 is 2.63 bits per heavy atom. The molecule has 0 spiro atoms. The van der Waals surface area contributed by atoms with Crippen molar-refractivity contribution in [3.8, 4) is 0 Å². The van der Waals surface area contributed by atoms with Crippen LogP contribution in [-0.2, 0) is 16.0 Å². The summed E-state index contributed by atoms with van der Waals surface area (Å²) >= 11 is 1.73. The smallest absolute Gasteiger partial charge is 0.251 e. The summed E-state index contributed by atoms with van der Waals surface area (Å²) in [6, 6.07) is 10.1. The van der Waals surface area contributed by atoms with E-state index in [1.165, 1.54) is 4.88 Å². The number of hydrogen-bond donors (Lipinski definition) is 1. The van der Waals surface area contributed by atoms with Crippen LogP contribution in [0.3, 0.4) is 0 Å². The quantitative estimate of drug-likeness (QED) is 0.461. The summed E-state index contributed by atoms with van der Waals surface area (Å²) in [5.41, 5.74) is 2.36. The molecular weight excluding hydrogens is 460 g/mol. The van der Waals surface area contributed by atoms with E-state index in [-0.39, 0.29) is 30.6 Å². The number of imidazole rings is 1. The van der Waals surface area contributed by atoms with Crippen molar-refractivity contribution < 1.29 is 14.3 Å². The number of ether oxygens (including phenoxy) is 1. The Hall–Kier alpha value is -2.71. The zero-order valence-electron chi connectivity index (χ0n) is 21.1. The van der Waals surface area contributed by atoms with Crippen molar-refractivity contribution in [3.63, 3.8) is 0 Å². The first kappa shape index (κ1) is 25.4. The van der Waals surface area contributed by atoms with Gasteiger partial charge >= 0.3 is 0 Å². The molecule has 2 amide bonds. The van der Waals surface area contributed by atoms with Gasteiger partial charge in [-0.25, -0.2) is 4.98 Å². The van der Waals surface area contributed by atoms with Crippen molar-refractivity contribution in [3.05, 3.63) is 52.0 Å². The molecule has 1 aromatic carbocycles. The number of rotatable bonds is 9. The number of carbonyl (C=O) groups excluding carboxylic acids is 2. The zero-order valence-corrected chi connectivity index (χ0v) is 21.9. The summed E-state index contributed by atoms with van der Waals surface area (Å²) in [5, 5.41) is 4.88. The second-order valence-electron chi connectivity index (χ2n) is 9.56. The molecule has 35 heavy (non-hydrogen) atoms. The predicted octanol–water partition coefficient (Wildman–Crippen LogP) is 4.81. The van der Waals surface area contributed by atoms with Gasteiger partial charge in [0.15, 0.2) is 0 Å². The number of thiophene rings is 1. The van der Waals surface area contributed by atoms with Gasteiger partial charge in [0.05, 0.1) is 29.8 Å². The van der Waals surface area contributed by atoms with Crippen LogP contribution in [0.25, 0.3) is 11.0 Å². The lowest BCUT2D eigenvalue weighted by Crippen LogP contribution is -2.45. The van der Waals surface area contributed by atoms with Crippen LogP contribution in [0.5, 0.6) is 0 Å². The highest BCUT2D eigenvalue weighted by Gasteiger charge is 2.24. The van der Waals surface area contributed by atoms with Gasteiger partial charge in [-0.1, -0.05) is 13.0 Å². The highest BCUT2D eigenvalue weighted by molar-refractivity contribution is 7.09. The largest absolute Gasteiger partial charge is 0.375 e. The van der Waals surface area contributed by atoms with Crippen molar-refractivity contribution in [1.82, 2.24) is 19.8 Å². The van der Waals surface area contributed by atoms with Crippen LogP contribution in [0.15, 0.2) is 35.7 Å². The summed E-state index contributed by atoms with van der Waals surface area (Å²) in [5.74, 6) is 0.701. The van der Waals surface area contributed by atoms with Crippen molar-refractivity contribution in [2.45, 2.75) is 71.6 Å². The van der Waals surface area contributed by atoms with E-state index in [0.29, 0.717) is 24.7 Å². The maximum Gasteiger partial charge on any atom is 0.251 e. The Balaban J connectivity index is 1.41. The number of aromatic nitrogens is 2. The molecule has 8 heteroatoms. The SMILES string of the molecule is CCC(C)n1c(Cc2cccs2)nc2cc(C(=O)NCC(=O)N3CCC(OC(C)C)CC3)ccc21. The van der Waals surface area contributed by atoms with E-state index in [9.17, 15) is 9.59 Å². The molecule has 1 aliphatic rings. The Bertz CT molecular complexity index is 1150. The number of nitrogens with zero attached hydrogens (tertiary/aromatic N) is 3. The average molecular weight is 497 g/mol. The van der Waals surface area contributed by atoms with Crippen molar-refractivity contribution in [1.29, 1.82) is 0 Å². The van der Waals surface area contributed by atoms with Gasteiger partial charge in [-0.2, -0.15) is 0 Å². The Kier molecular flexibility index (Phi) is 8.23. The first-order chi connectivity index (χ1) is 16.9. The number of benzene rings is 1. The Morgan fingerprint density at radius 2 is 1.97 bits per heavy atom. The number of likely N-dealkylation sites (tertiary alicyclic amines) is 1. The summed E-state index contributed by atoms with van der Waals surface area (Å²) in [4.78, 5) is 33.5. The molecule has 3 aromatic rings. The van der Waals surface area contributed by atoms with E-state index in [2.05, 4.69) is 41.2 Å². The minimum atomic E-state index is -0.254. The van der Waals surface area contributed by atoms with Crippen LogP contribution in [0, 0.1) is 0 Å². The molecule has 3 heterocycles. The minimum absolute atomic E-state index is 0.00247. The van der Waals surface area contributed by atoms with Gasteiger partial charge in [0.25, 0.3) is 5.91 Å². The topological polar surface area (TPSA) is 76.5 Å². The molecule has 0 bridgehead atoms. The van der Waals surface area contributed by atoms with Gasteiger partial charge < -0.3 is 19.5 Å². The summed E-state index contributed by atoms with van der Waals surface area (Å²) in [7, 11) is 0. The van der Waals surface area contributed by atoms with Crippen molar-refractivity contribution in [2.75, 3.05) is 19.6 Å². The maximum absolute atomic E-state index is 12.9. The third kappa shape index (κ3) is 6.11. The van der Waals surface area contributed by atoms with Gasteiger partial charge in [0, 0.05) is 36.0 Å². The van der Waals surface area contributed by atoms with E-state index in [1.54, 1.807) is 11.3 Å². The van der Waals surface area contributed by atoms with E-state index in [4.69, 9.17) is 9.72 Å².